The van der Waals surface area contributed by atoms with Gasteiger partial charge in [0.25, 0.3) is 10.1 Å². The fourth-order valence-electron chi connectivity index (χ4n) is 7.21. The average molecular weight is 899 g/mol. The van der Waals surface area contributed by atoms with E-state index in [-0.39, 0.29) is 13.0 Å². The third-order valence-electron chi connectivity index (χ3n) is 11.0. The Balaban J connectivity index is 2.45. The minimum atomic E-state index is -4.61. The highest BCUT2D eigenvalue weighted by Gasteiger charge is 2.46. The van der Waals surface area contributed by atoms with Crippen LogP contribution in [-0.2, 0) is 38.7 Å². The van der Waals surface area contributed by atoms with E-state index < -0.39 is 71.2 Å². The number of aliphatic hydroxyl groups excluding tert-OH is 3. The molecule has 0 amide bonds. The van der Waals surface area contributed by atoms with E-state index >= 15 is 0 Å². The van der Waals surface area contributed by atoms with Gasteiger partial charge >= 0.3 is 11.9 Å². The van der Waals surface area contributed by atoms with Crippen molar-refractivity contribution in [3.05, 3.63) is 48.6 Å². The van der Waals surface area contributed by atoms with Crippen molar-refractivity contribution in [2.45, 2.75) is 230 Å². The summed E-state index contributed by atoms with van der Waals surface area (Å²) in [6.07, 6.45) is 37.8. The predicted octanol–water partition coefficient (Wildman–Crippen LogP) is 10.3. The van der Waals surface area contributed by atoms with Crippen LogP contribution in [0.2, 0.25) is 0 Å². The largest absolute Gasteiger partial charge is 0.458 e. The molecule has 0 aromatic rings. The zero-order valence-electron chi connectivity index (χ0n) is 38.5. The van der Waals surface area contributed by atoms with E-state index in [1.54, 1.807) is 12.2 Å². The van der Waals surface area contributed by atoms with Crippen LogP contribution < -0.4 is 0 Å². The number of hydrogen-bond acceptors (Lipinski definition) is 11. The molecule has 0 saturated carbocycles. The predicted molar refractivity (Wildman–Crippen MR) is 247 cm³/mol. The Morgan fingerprint density at radius 2 is 1.08 bits per heavy atom. The van der Waals surface area contributed by atoms with E-state index in [1.807, 2.05) is 6.08 Å². The molecule has 6 atom stereocenters. The monoisotopic (exact) mass is 899 g/mol. The van der Waals surface area contributed by atoms with E-state index in [2.05, 4.69) is 38.2 Å². The van der Waals surface area contributed by atoms with Crippen molar-refractivity contribution in [3.8, 4) is 0 Å². The molecule has 1 aliphatic rings. The molecule has 2 unspecified atom stereocenters. The SMILES string of the molecule is CCCCC/C=C/C/C=C/CCCCCCCCCCCC(=O)O[C@H](COC(=O)/C=C/C=C/CCCCCCCCCCCCC)CO[C@H]1O[C@H](CS(=O)(=O)O)[C@@H](O)C(O)C1O. The molecule has 13 heteroatoms. The summed E-state index contributed by atoms with van der Waals surface area (Å²) in [5.41, 5.74) is 0. The molecular weight excluding hydrogens is 813 g/mol. The van der Waals surface area contributed by atoms with Crippen molar-refractivity contribution in [1.82, 2.24) is 0 Å². The maximum atomic E-state index is 12.8. The van der Waals surface area contributed by atoms with Crippen LogP contribution in [0.4, 0.5) is 0 Å². The van der Waals surface area contributed by atoms with Crippen molar-refractivity contribution in [1.29, 1.82) is 0 Å². The molecule has 1 saturated heterocycles. The number of carbonyl (C=O) groups excluding carboxylic acids is 2. The molecule has 4 N–H and O–H groups in total. The van der Waals surface area contributed by atoms with Gasteiger partial charge in [0.1, 0.15) is 36.8 Å². The molecule has 0 aromatic heterocycles. The number of hydrogen-bond donors (Lipinski definition) is 4. The zero-order valence-corrected chi connectivity index (χ0v) is 39.3. The molecule has 0 spiro atoms. The van der Waals surface area contributed by atoms with Crippen LogP contribution in [0.15, 0.2) is 48.6 Å². The third-order valence-corrected chi connectivity index (χ3v) is 11.7. The fraction of sp³-hybridized carbons (Fsp3) is 0.796. The van der Waals surface area contributed by atoms with Gasteiger partial charge < -0.3 is 34.3 Å². The fourth-order valence-corrected chi connectivity index (χ4v) is 7.90. The molecule has 0 radical (unpaired) electrons. The molecule has 1 fully saturated rings. The summed E-state index contributed by atoms with van der Waals surface area (Å²) >= 11 is 0. The van der Waals surface area contributed by atoms with Gasteiger partial charge in [0, 0.05) is 12.5 Å². The van der Waals surface area contributed by atoms with Crippen LogP contribution in [-0.4, -0.2) is 96.0 Å². The van der Waals surface area contributed by atoms with E-state index in [1.165, 1.54) is 122 Å². The van der Waals surface area contributed by atoms with Gasteiger partial charge in [-0.25, -0.2) is 4.79 Å². The summed E-state index contributed by atoms with van der Waals surface area (Å²) < 4.78 is 53.9. The third kappa shape index (κ3) is 33.2. The van der Waals surface area contributed by atoms with Crippen molar-refractivity contribution < 1.29 is 56.8 Å². The summed E-state index contributed by atoms with van der Waals surface area (Å²) in [4.78, 5) is 25.3. The van der Waals surface area contributed by atoms with Gasteiger partial charge in [0.15, 0.2) is 12.4 Å². The van der Waals surface area contributed by atoms with E-state index in [0.717, 1.165) is 51.4 Å². The highest BCUT2D eigenvalue weighted by atomic mass is 32.2. The number of ether oxygens (including phenoxy) is 4. The molecule has 0 aromatic carbocycles. The Morgan fingerprint density at radius 3 is 1.63 bits per heavy atom. The normalized spacial score (nSPS) is 20.3. The van der Waals surface area contributed by atoms with Gasteiger partial charge in [0.05, 0.1) is 6.61 Å². The lowest BCUT2D eigenvalue weighted by atomic mass is 10.00. The molecule has 1 heterocycles. The highest BCUT2D eigenvalue weighted by Crippen LogP contribution is 2.24. The lowest BCUT2D eigenvalue weighted by Gasteiger charge is -2.40. The minimum absolute atomic E-state index is 0.139. The van der Waals surface area contributed by atoms with Crippen molar-refractivity contribution in [2.75, 3.05) is 19.0 Å². The van der Waals surface area contributed by atoms with Gasteiger partial charge in [-0.05, 0) is 51.4 Å². The highest BCUT2D eigenvalue weighted by molar-refractivity contribution is 7.85. The van der Waals surface area contributed by atoms with E-state index in [9.17, 15) is 37.9 Å². The van der Waals surface area contributed by atoms with Crippen molar-refractivity contribution in [2.24, 2.45) is 0 Å². The molecule has 62 heavy (non-hydrogen) atoms. The second kappa shape index (κ2) is 39.0. The smallest absolute Gasteiger partial charge is 0.330 e. The lowest BCUT2D eigenvalue weighted by molar-refractivity contribution is -0.297. The maximum absolute atomic E-state index is 12.8. The van der Waals surface area contributed by atoms with Crippen molar-refractivity contribution in [3.63, 3.8) is 0 Å². The van der Waals surface area contributed by atoms with E-state index in [4.69, 9.17) is 18.9 Å². The molecule has 360 valence electrons. The molecular formula is C49H86O12S. The second-order valence-corrected chi connectivity index (χ2v) is 18.3. The van der Waals surface area contributed by atoms with Crippen LogP contribution in [0.5, 0.6) is 0 Å². The number of unbranched alkanes of at least 4 members (excludes halogenated alkanes) is 23. The van der Waals surface area contributed by atoms with Crippen molar-refractivity contribution >= 4 is 22.1 Å². The van der Waals surface area contributed by atoms with Gasteiger partial charge in [0.2, 0.25) is 0 Å². The molecule has 0 bridgehead atoms. The first-order valence-corrected chi connectivity index (χ1v) is 25.8. The summed E-state index contributed by atoms with van der Waals surface area (Å²) in [7, 11) is -4.61. The standard InChI is InChI=1S/C49H86O12S/c1-3-5-7-9-11-13-15-17-19-20-21-22-24-26-28-30-32-34-36-38-45(51)60-42(40-59-49-48(54)47(53)46(52)43(61-49)41-62(55,56)57)39-58-44(50)37-35-33-31-29-27-25-23-18-16-14-12-10-8-6-4-2/h11,13,17,19,31,33,35,37,42-43,46-49,52-54H,3-10,12,14-16,18,20-30,32,34,36,38-41H2,1-2H3,(H,55,56,57)/b13-11+,19-17+,33-31+,37-35+/t42-,43-,46-,47?,48?,49+/m1/s1. The molecule has 12 nitrogen and oxygen atoms in total. The van der Waals surface area contributed by atoms with Crippen LogP contribution in [0, 0.1) is 0 Å². The summed E-state index contributed by atoms with van der Waals surface area (Å²) in [6, 6.07) is 0. The molecule has 1 rings (SSSR count). The second-order valence-electron chi connectivity index (χ2n) is 16.8. The number of rotatable bonds is 40. The Kier molecular flexibility index (Phi) is 36.3. The Labute approximate surface area is 375 Å². The van der Waals surface area contributed by atoms with Gasteiger partial charge in [-0.2, -0.15) is 8.42 Å². The average Bonchev–Trinajstić information content (AvgIpc) is 3.24. The van der Waals surface area contributed by atoms with Crippen LogP contribution >= 0.6 is 0 Å². The Hall–Kier alpha value is -2.39. The number of esters is 2. The first kappa shape index (κ1) is 57.6. The van der Waals surface area contributed by atoms with Crippen LogP contribution in [0.1, 0.15) is 194 Å². The number of aliphatic hydroxyl groups is 3. The zero-order chi connectivity index (χ0) is 45.5. The first-order chi connectivity index (χ1) is 30.0. The summed E-state index contributed by atoms with van der Waals surface area (Å²) in [5.74, 6) is -2.25. The Bertz CT molecular complexity index is 1330. The molecule has 1 aliphatic heterocycles. The minimum Gasteiger partial charge on any atom is -0.458 e. The Morgan fingerprint density at radius 1 is 0.597 bits per heavy atom. The topological polar surface area (TPSA) is 186 Å². The number of carbonyl (C=O) groups is 2. The van der Waals surface area contributed by atoms with Gasteiger partial charge in [-0.3, -0.25) is 9.35 Å². The van der Waals surface area contributed by atoms with Gasteiger partial charge in [-0.1, -0.05) is 178 Å². The van der Waals surface area contributed by atoms with E-state index in [0.29, 0.717) is 6.42 Å². The van der Waals surface area contributed by atoms with Crippen LogP contribution in [0.3, 0.4) is 0 Å². The first-order valence-electron chi connectivity index (χ1n) is 24.2. The van der Waals surface area contributed by atoms with Crippen LogP contribution in [0.25, 0.3) is 0 Å². The lowest BCUT2D eigenvalue weighted by Crippen LogP contribution is -2.60. The quantitative estimate of drug-likeness (QED) is 0.0114. The summed E-state index contributed by atoms with van der Waals surface area (Å²) in [6.45, 7) is 3.63. The maximum Gasteiger partial charge on any atom is 0.330 e. The number of allylic oxidation sites excluding steroid dienone is 7. The summed E-state index contributed by atoms with van der Waals surface area (Å²) in [5, 5.41) is 30.9. The van der Waals surface area contributed by atoms with Gasteiger partial charge in [-0.15, -0.1) is 0 Å². The molecule has 0 aliphatic carbocycles.